The van der Waals surface area contributed by atoms with Crippen molar-refractivity contribution in [3.05, 3.63) is 75.7 Å². The summed E-state index contributed by atoms with van der Waals surface area (Å²) in [7, 11) is 0. The predicted molar refractivity (Wildman–Crippen MR) is 101 cm³/mol. The van der Waals surface area contributed by atoms with E-state index < -0.39 is 5.41 Å². The Balaban J connectivity index is 2.07. The molecule has 4 heteroatoms. The minimum Gasteiger partial charge on any atom is -0.507 e. The second kappa shape index (κ2) is 5.43. The summed E-state index contributed by atoms with van der Waals surface area (Å²) in [5.41, 5.74) is -0.335. The smallest absolute Gasteiger partial charge is 0.196 e. The summed E-state index contributed by atoms with van der Waals surface area (Å²) in [5.74, 6) is 0.0584. The van der Waals surface area contributed by atoms with E-state index >= 15 is 0 Å². The van der Waals surface area contributed by atoms with E-state index in [9.17, 15) is 14.7 Å². The van der Waals surface area contributed by atoms with Gasteiger partial charge in [0.05, 0.1) is 5.41 Å². The lowest BCUT2D eigenvalue weighted by Crippen LogP contribution is -2.37. The molecule has 0 radical (unpaired) electrons. The molecule has 26 heavy (non-hydrogen) atoms. The molecule has 0 atom stereocenters. The Bertz CT molecular complexity index is 1160. The zero-order chi connectivity index (χ0) is 18.6. The highest BCUT2D eigenvalue weighted by atomic mass is 16.3. The summed E-state index contributed by atoms with van der Waals surface area (Å²) >= 11 is 0. The predicted octanol–water partition coefficient (Wildman–Crippen LogP) is 4.61. The largest absolute Gasteiger partial charge is 0.507 e. The lowest BCUT2D eigenvalue weighted by Gasteiger charge is -2.29. The standard InChI is InChI=1S/C22H18O4/c1-12-19(24)18-16(23)11-17(26-21(18)22(2,3)20(12)25)15-10-6-8-13-7-4-5-9-14(13)15/h4-11,24H,1-3H3. The maximum atomic E-state index is 12.8. The van der Waals surface area contributed by atoms with Gasteiger partial charge in [-0.1, -0.05) is 42.5 Å². The summed E-state index contributed by atoms with van der Waals surface area (Å²) < 4.78 is 6.06. The highest BCUT2D eigenvalue weighted by Crippen LogP contribution is 2.40. The van der Waals surface area contributed by atoms with Crippen molar-refractivity contribution >= 4 is 22.3 Å². The Morgan fingerprint density at radius 2 is 1.69 bits per heavy atom. The van der Waals surface area contributed by atoms with Gasteiger partial charge in [0.2, 0.25) is 0 Å². The average Bonchev–Trinajstić information content (AvgIpc) is 2.64. The van der Waals surface area contributed by atoms with E-state index in [-0.39, 0.29) is 33.9 Å². The lowest BCUT2D eigenvalue weighted by molar-refractivity contribution is -0.120. The Kier molecular flexibility index (Phi) is 3.41. The van der Waals surface area contributed by atoms with Crippen LogP contribution in [0, 0.1) is 0 Å². The van der Waals surface area contributed by atoms with Crippen LogP contribution in [0.1, 0.15) is 32.1 Å². The fourth-order valence-electron chi connectivity index (χ4n) is 3.60. The van der Waals surface area contributed by atoms with Gasteiger partial charge >= 0.3 is 0 Å². The minimum absolute atomic E-state index is 0.0797. The highest BCUT2D eigenvalue weighted by Gasteiger charge is 2.43. The van der Waals surface area contributed by atoms with Crippen LogP contribution >= 0.6 is 0 Å². The summed E-state index contributed by atoms with van der Waals surface area (Å²) in [6, 6.07) is 15.0. The molecule has 1 aliphatic rings. The molecule has 1 aliphatic carbocycles. The second-order valence-corrected chi connectivity index (χ2v) is 7.13. The second-order valence-electron chi connectivity index (χ2n) is 7.13. The number of Topliss-reactive ketones (excluding diaryl/α,β-unsaturated/α-hetero) is 1. The van der Waals surface area contributed by atoms with Crippen molar-refractivity contribution in [1.82, 2.24) is 0 Å². The molecule has 0 amide bonds. The number of benzene rings is 2. The fraction of sp³-hybridized carbons (Fsp3) is 0.182. The SMILES string of the molecule is CC1=C(O)c2c(oc(-c3cccc4ccccc34)cc2=O)C(C)(C)C1=O. The molecule has 0 fully saturated rings. The number of hydrogen-bond donors (Lipinski definition) is 1. The number of aliphatic hydroxyl groups is 1. The molecular formula is C22H18O4. The normalized spacial score (nSPS) is 16.0. The molecule has 0 bridgehead atoms. The van der Waals surface area contributed by atoms with Crippen molar-refractivity contribution in [1.29, 1.82) is 0 Å². The highest BCUT2D eigenvalue weighted by molar-refractivity contribution is 6.09. The van der Waals surface area contributed by atoms with E-state index in [1.165, 1.54) is 13.0 Å². The van der Waals surface area contributed by atoms with Gasteiger partial charge in [-0.3, -0.25) is 9.59 Å². The first-order valence-corrected chi connectivity index (χ1v) is 8.44. The molecule has 4 nitrogen and oxygen atoms in total. The quantitative estimate of drug-likeness (QED) is 0.699. The van der Waals surface area contributed by atoms with Crippen LogP contribution in [-0.4, -0.2) is 10.9 Å². The van der Waals surface area contributed by atoms with E-state index in [4.69, 9.17) is 4.42 Å². The molecule has 130 valence electrons. The molecule has 0 saturated carbocycles. The molecule has 1 N–H and O–H groups in total. The van der Waals surface area contributed by atoms with E-state index in [1.54, 1.807) is 13.8 Å². The van der Waals surface area contributed by atoms with E-state index in [0.717, 1.165) is 16.3 Å². The monoisotopic (exact) mass is 346 g/mol. The number of aliphatic hydroxyl groups excluding tert-OH is 1. The first kappa shape index (κ1) is 16.3. The first-order chi connectivity index (χ1) is 12.3. The van der Waals surface area contributed by atoms with Crippen molar-refractivity contribution < 1.29 is 14.3 Å². The third-order valence-electron chi connectivity index (χ3n) is 5.07. The molecule has 2 aromatic carbocycles. The van der Waals surface area contributed by atoms with Gasteiger partial charge in [-0.25, -0.2) is 0 Å². The fourth-order valence-corrected chi connectivity index (χ4v) is 3.60. The lowest BCUT2D eigenvalue weighted by atomic mass is 9.75. The van der Waals surface area contributed by atoms with Crippen molar-refractivity contribution in [2.75, 3.05) is 0 Å². The molecule has 0 aliphatic heterocycles. The zero-order valence-corrected chi connectivity index (χ0v) is 14.8. The van der Waals surface area contributed by atoms with Crippen molar-refractivity contribution in [2.45, 2.75) is 26.2 Å². The van der Waals surface area contributed by atoms with Gasteiger partial charge in [0, 0.05) is 17.2 Å². The first-order valence-electron chi connectivity index (χ1n) is 8.44. The summed E-state index contributed by atoms with van der Waals surface area (Å²) in [4.78, 5) is 25.4. The van der Waals surface area contributed by atoms with Gasteiger partial charge in [0.25, 0.3) is 0 Å². The summed E-state index contributed by atoms with van der Waals surface area (Å²) in [5, 5.41) is 12.3. The van der Waals surface area contributed by atoms with E-state index in [0.29, 0.717) is 5.76 Å². The third kappa shape index (κ3) is 2.15. The number of carbonyl (C=O) groups excluding carboxylic acids is 1. The van der Waals surface area contributed by atoms with Crippen LogP contribution in [0.3, 0.4) is 0 Å². The minimum atomic E-state index is -1.02. The zero-order valence-electron chi connectivity index (χ0n) is 14.8. The average molecular weight is 346 g/mol. The van der Waals surface area contributed by atoms with E-state index in [1.807, 2.05) is 42.5 Å². The van der Waals surface area contributed by atoms with Gasteiger partial charge in [0.1, 0.15) is 22.8 Å². The molecule has 3 aromatic rings. The number of allylic oxidation sites excluding steroid dienone is 1. The number of carbonyl (C=O) groups is 1. The molecule has 0 saturated heterocycles. The number of hydrogen-bond acceptors (Lipinski definition) is 4. The number of rotatable bonds is 1. The molecular weight excluding hydrogens is 328 g/mol. The van der Waals surface area contributed by atoms with Crippen LogP contribution in [0.25, 0.3) is 27.9 Å². The number of fused-ring (bicyclic) bond motifs is 2. The van der Waals surface area contributed by atoms with Gasteiger partial charge in [-0.05, 0) is 31.5 Å². The topological polar surface area (TPSA) is 67.5 Å². The summed E-state index contributed by atoms with van der Waals surface area (Å²) in [6.07, 6.45) is 0. The number of ketones is 1. The van der Waals surface area contributed by atoms with Crippen molar-refractivity contribution in [3.8, 4) is 11.3 Å². The van der Waals surface area contributed by atoms with Crippen LogP contribution in [0.5, 0.6) is 0 Å². The molecule has 1 aromatic heterocycles. The van der Waals surface area contributed by atoms with Crippen LogP contribution in [0.15, 0.2) is 63.3 Å². The van der Waals surface area contributed by atoms with E-state index in [2.05, 4.69) is 0 Å². The Hall–Kier alpha value is -3.14. The van der Waals surface area contributed by atoms with Gasteiger partial charge in [-0.15, -0.1) is 0 Å². The van der Waals surface area contributed by atoms with Crippen molar-refractivity contribution in [2.24, 2.45) is 0 Å². The maximum Gasteiger partial charge on any atom is 0.196 e. The molecule has 0 unspecified atom stereocenters. The Labute approximate surface area is 150 Å². The van der Waals surface area contributed by atoms with Gasteiger partial charge in [-0.2, -0.15) is 0 Å². The Morgan fingerprint density at radius 3 is 2.46 bits per heavy atom. The molecule has 1 heterocycles. The van der Waals surface area contributed by atoms with Gasteiger partial charge in [0.15, 0.2) is 11.2 Å². The Morgan fingerprint density at radius 1 is 1.00 bits per heavy atom. The van der Waals surface area contributed by atoms with Gasteiger partial charge < -0.3 is 9.52 Å². The van der Waals surface area contributed by atoms with Crippen LogP contribution in [0.2, 0.25) is 0 Å². The maximum absolute atomic E-state index is 12.8. The molecule has 4 rings (SSSR count). The molecule has 0 spiro atoms. The van der Waals surface area contributed by atoms with Crippen LogP contribution in [-0.2, 0) is 10.2 Å². The third-order valence-corrected chi connectivity index (χ3v) is 5.07. The van der Waals surface area contributed by atoms with Crippen LogP contribution < -0.4 is 5.43 Å². The van der Waals surface area contributed by atoms with Crippen LogP contribution in [0.4, 0.5) is 0 Å². The van der Waals surface area contributed by atoms with Crippen molar-refractivity contribution in [3.63, 3.8) is 0 Å². The summed E-state index contributed by atoms with van der Waals surface area (Å²) in [6.45, 7) is 4.94.